The molecule has 1 amide bonds. The molecule has 5 rings (SSSR count). The number of amides is 1. The standard InChI is InChI=1S/C23H22N4O6/c1-14-9-15(10-20(28)32-14)33-16-12-25(13-16)23(30)18-11-17-21(26(18)7-8-31-2)24-19-5-3-4-6-27(19)22(17)29/h3-6,9-11,16H,7-8,12-13H2,1-2H3. The summed E-state index contributed by atoms with van der Waals surface area (Å²) in [7, 11) is 1.58. The summed E-state index contributed by atoms with van der Waals surface area (Å²) >= 11 is 0. The summed E-state index contributed by atoms with van der Waals surface area (Å²) in [5.41, 5.74) is 0.615. The molecule has 33 heavy (non-hydrogen) atoms. The lowest BCUT2D eigenvalue weighted by Crippen LogP contribution is -2.56. The summed E-state index contributed by atoms with van der Waals surface area (Å²) in [6, 6.07) is 9.83. The maximum Gasteiger partial charge on any atom is 0.339 e. The molecule has 0 bridgehead atoms. The van der Waals surface area contributed by atoms with E-state index in [1.807, 2.05) is 0 Å². The summed E-state index contributed by atoms with van der Waals surface area (Å²) in [6.45, 7) is 3.13. The molecule has 0 atom stereocenters. The molecule has 0 aliphatic carbocycles. The number of ether oxygens (including phenoxy) is 2. The minimum absolute atomic E-state index is 0.221. The van der Waals surface area contributed by atoms with Crippen LogP contribution in [0.2, 0.25) is 0 Å². The van der Waals surface area contributed by atoms with Crippen molar-refractivity contribution >= 4 is 22.6 Å². The Balaban J connectivity index is 1.43. The van der Waals surface area contributed by atoms with Crippen molar-refractivity contribution in [2.45, 2.75) is 19.6 Å². The zero-order valence-electron chi connectivity index (χ0n) is 18.2. The molecule has 0 radical (unpaired) electrons. The molecule has 0 aromatic carbocycles. The van der Waals surface area contributed by atoms with E-state index in [0.717, 1.165) is 0 Å². The van der Waals surface area contributed by atoms with Crippen LogP contribution >= 0.6 is 0 Å². The van der Waals surface area contributed by atoms with Gasteiger partial charge < -0.3 is 23.4 Å². The third kappa shape index (κ3) is 3.78. The number of hydrogen-bond donors (Lipinski definition) is 0. The molecule has 0 N–H and O–H groups in total. The maximum absolute atomic E-state index is 13.3. The van der Waals surface area contributed by atoms with Crippen molar-refractivity contribution in [1.29, 1.82) is 0 Å². The van der Waals surface area contributed by atoms with Crippen LogP contribution in [-0.4, -0.2) is 57.7 Å². The van der Waals surface area contributed by atoms with Gasteiger partial charge in [0.1, 0.15) is 34.6 Å². The van der Waals surface area contributed by atoms with Gasteiger partial charge >= 0.3 is 5.63 Å². The Morgan fingerprint density at radius 3 is 2.79 bits per heavy atom. The van der Waals surface area contributed by atoms with E-state index in [1.54, 1.807) is 60.0 Å². The number of carbonyl (C=O) groups is 1. The van der Waals surface area contributed by atoms with Crippen molar-refractivity contribution in [3.05, 3.63) is 74.8 Å². The largest absolute Gasteiger partial charge is 0.486 e. The number of rotatable bonds is 6. The molecule has 10 heteroatoms. The van der Waals surface area contributed by atoms with Crippen LogP contribution in [0.3, 0.4) is 0 Å². The Labute approximate surface area is 187 Å². The predicted octanol–water partition coefficient (Wildman–Crippen LogP) is 1.46. The topological polar surface area (TPSA) is 108 Å². The first kappa shape index (κ1) is 21.0. The van der Waals surface area contributed by atoms with Gasteiger partial charge in [0.25, 0.3) is 11.5 Å². The average Bonchev–Trinajstić information content (AvgIpc) is 3.12. The number of carbonyl (C=O) groups excluding carboxylic acids is 1. The SMILES string of the molecule is COCCn1c(C(=O)N2CC(Oc3cc(C)oc(=O)c3)C2)cc2c(=O)n3ccccc3nc21. The molecule has 5 heterocycles. The Bertz CT molecular complexity index is 1480. The number of likely N-dealkylation sites (tertiary alicyclic amines) is 1. The third-order valence-electron chi connectivity index (χ3n) is 5.62. The summed E-state index contributed by atoms with van der Waals surface area (Å²) in [5, 5.41) is 0.373. The van der Waals surface area contributed by atoms with Gasteiger partial charge in [0.05, 0.1) is 31.1 Å². The number of fused-ring (bicyclic) bond motifs is 2. The molecule has 1 aliphatic heterocycles. The quantitative estimate of drug-likeness (QED) is 0.438. The number of hydrogen-bond acceptors (Lipinski definition) is 7. The van der Waals surface area contributed by atoms with Crippen LogP contribution in [0.25, 0.3) is 16.7 Å². The van der Waals surface area contributed by atoms with Gasteiger partial charge in [0, 0.05) is 25.9 Å². The number of aromatic nitrogens is 3. The van der Waals surface area contributed by atoms with Crippen LogP contribution in [0.15, 0.2) is 56.6 Å². The molecule has 170 valence electrons. The highest BCUT2D eigenvalue weighted by atomic mass is 16.5. The molecule has 0 spiro atoms. The van der Waals surface area contributed by atoms with E-state index in [1.165, 1.54) is 10.5 Å². The maximum atomic E-state index is 13.3. The van der Waals surface area contributed by atoms with Crippen molar-refractivity contribution in [2.75, 3.05) is 26.8 Å². The summed E-state index contributed by atoms with van der Waals surface area (Å²) in [6.07, 6.45) is 1.42. The fraction of sp³-hybridized carbons (Fsp3) is 0.304. The van der Waals surface area contributed by atoms with E-state index < -0.39 is 5.63 Å². The second-order valence-corrected chi connectivity index (χ2v) is 7.93. The first-order chi connectivity index (χ1) is 15.9. The minimum atomic E-state index is -0.480. The third-order valence-corrected chi connectivity index (χ3v) is 5.62. The molecular formula is C23H22N4O6. The Hall–Kier alpha value is -3.92. The van der Waals surface area contributed by atoms with Crippen LogP contribution in [0.5, 0.6) is 5.75 Å². The zero-order valence-corrected chi connectivity index (χ0v) is 18.2. The highest BCUT2D eigenvalue weighted by Gasteiger charge is 2.35. The normalized spacial score (nSPS) is 14.1. The van der Waals surface area contributed by atoms with Crippen LogP contribution < -0.4 is 15.9 Å². The lowest BCUT2D eigenvalue weighted by atomic mass is 10.1. The van der Waals surface area contributed by atoms with Gasteiger partial charge in [-0.15, -0.1) is 0 Å². The van der Waals surface area contributed by atoms with E-state index in [9.17, 15) is 14.4 Å². The first-order valence-corrected chi connectivity index (χ1v) is 10.5. The van der Waals surface area contributed by atoms with E-state index >= 15 is 0 Å². The van der Waals surface area contributed by atoms with E-state index in [4.69, 9.17) is 13.9 Å². The first-order valence-electron chi connectivity index (χ1n) is 10.5. The van der Waals surface area contributed by atoms with Gasteiger partial charge in [-0.3, -0.25) is 14.0 Å². The summed E-state index contributed by atoms with van der Waals surface area (Å²) in [4.78, 5) is 44.1. The highest BCUT2D eigenvalue weighted by molar-refractivity contribution is 5.98. The molecule has 1 fully saturated rings. The van der Waals surface area contributed by atoms with Crippen LogP contribution in [0.1, 0.15) is 16.2 Å². The van der Waals surface area contributed by atoms with Gasteiger partial charge in [-0.2, -0.15) is 0 Å². The Kier molecular flexibility index (Phi) is 5.21. The summed E-state index contributed by atoms with van der Waals surface area (Å²) in [5.74, 6) is 0.652. The molecule has 4 aromatic rings. The Morgan fingerprint density at radius 2 is 2.03 bits per heavy atom. The van der Waals surface area contributed by atoms with Crippen LogP contribution in [-0.2, 0) is 11.3 Å². The van der Waals surface area contributed by atoms with Gasteiger partial charge in [-0.05, 0) is 25.1 Å². The highest BCUT2D eigenvalue weighted by Crippen LogP contribution is 2.23. The van der Waals surface area contributed by atoms with Crippen LogP contribution in [0.4, 0.5) is 0 Å². The lowest BCUT2D eigenvalue weighted by Gasteiger charge is -2.39. The molecule has 1 aliphatic rings. The number of pyridine rings is 1. The van der Waals surface area contributed by atoms with Crippen molar-refractivity contribution in [3.63, 3.8) is 0 Å². The van der Waals surface area contributed by atoms with Gasteiger partial charge in [-0.1, -0.05) is 6.07 Å². The summed E-state index contributed by atoms with van der Waals surface area (Å²) < 4.78 is 19.1. The number of aryl methyl sites for hydroxylation is 1. The second-order valence-electron chi connectivity index (χ2n) is 7.93. The fourth-order valence-corrected chi connectivity index (χ4v) is 4.01. The number of nitrogens with zero attached hydrogens (tertiary/aromatic N) is 4. The van der Waals surface area contributed by atoms with Crippen molar-refractivity contribution in [1.82, 2.24) is 18.9 Å². The molecule has 10 nitrogen and oxygen atoms in total. The van der Waals surface area contributed by atoms with Gasteiger partial charge in [0.2, 0.25) is 0 Å². The minimum Gasteiger partial charge on any atom is -0.486 e. The van der Waals surface area contributed by atoms with E-state index in [0.29, 0.717) is 60.1 Å². The second kappa shape index (κ2) is 8.21. The molecule has 0 unspecified atom stereocenters. The number of methoxy groups -OCH3 is 1. The predicted molar refractivity (Wildman–Crippen MR) is 119 cm³/mol. The molecule has 0 saturated carbocycles. The van der Waals surface area contributed by atoms with Gasteiger partial charge in [0.15, 0.2) is 0 Å². The van der Waals surface area contributed by atoms with E-state index in [2.05, 4.69) is 4.98 Å². The van der Waals surface area contributed by atoms with Crippen molar-refractivity contribution in [3.8, 4) is 5.75 Å². The molecule has 1 saturated heterocycles. The smallest absolute Gasteiger partial charge is 0.339 e. The lowest BCUT2D eigenvalue weighted by molar-refractivity contribution is 0.0166. The Morgan fingerprint density at radius 1 is 1.21 bits per heavy atom. The molecule has 4 aromatic heterocycles. The van der Waals surface area contributed by atoms with Gasteiger partial charge in [-0.25, -0.2) is 9.78 Å². The molecular weight excluding hydrogens is 428 g/mol. The van der Waals surface area contributed by atoms with Crippen molar-refractivity contribution in [2.24, 2.45) is 0 Å². The fourth-order valence-electron chi connectivity index (χ4n) is 4.01. The van der Waals surface area contributed by atoms with Crippen molar-refractivity contribution < 1.29 is 18.7 Å². The van der Waals surface area contributed by atoms with E-state index in [-0.39, 0.29) is 17.6 Å². The monoisotopic (exact) mass is 450 g/mol. The van der Waals surface area contributed by atoms with Crippen LogP contribution in [0, 0.1) is 6.92 Å². The average molecular weight is 450 g/mol. The zero-order chi connectivity index (χ0) is 23.1.